The minimum atomic E-state index is -0.759. The van der Waals surface area contributed by atoms with E-state index < -0.39 is 11.9 Å². The number of benzene rings is 2. The Hall–Kier alpha value is -3.52. The van der Waals surface area contributed by atoms with Crippen molar-refractivity contribution in [3.63, 3.8) is 0 Å². The summed E-state index contributed by atoms with van der Waals surface area (Å²) in [6.45, 7) is 3.90. The van der Waals surface area contributed by atoms with Gasteiger partial charge < -0.3 is 23.6 Å². The maximum Gasteiger partial charge on any atom is 0.291 e. The number of nitrogens with zero attached hydrogens (tertiary/aromatic N) is 1. The number of phenolic OH excluding ortho intramolecular Hbond substituents is 1. The second-order valence-corrected chi connectivity index (χ2v) is 8.96. The van der Waals surface area contributed by atoms with Gasteiger partial charge in [0.25, 0.3) is 5.91 Å². The Balaban J connectivity index is 1.80. The average Bonchev–Trinajstić information content (AvgIpc) is 3.38. The summed E-state index contributed by atoms with van der Waals surface area (Å²) in [5, 5.41) is 10.7. The fraction of sp³-hybridized carbons (Fsp3) is 0.200. The molecule has 0 saturated heterocycles. The van der Waals surface area contributed by atoms with Gasteiger partial charge in [-0.05, 0) is 76.8 Å². The third-order valence-electron chi connectivity index (χ3n) is 5.89. The van der Waals surface area contributed by atoms with Gasteiger partial charge in [0.1, 0.15) is 11.3 Å². The van der Waals surface area contributed by atoms with E-state index in [0.717, 1.165) is 11.1 Å². The van der Waals surface area contributed by atoms with Crippen LogP contribution < -0.4 is 10.2 Å². The van der Waals surface area contributed by atoms with Gasteiger partial charge in [0.2, 0.25) is 5.76 Å². The predicted molar refractivity (Wildman–Crippen MR) is 125 cm³/mol. The maximum atomic E-state index is 13.8. The number of ether oxygens (including phenoxy) is 1. The molecule has 1 amide bonds. The van der Waals surface area contributed by atoms with E-state index in [1.807, 2.05) is 19.9 Å². The minimum absolute atomic E-state index is 0.0131. The molecular formula is C25H20BrNO6. The largest absolute Gasteiger partial charge is 0.503 e. The topological polar surface area (TPSA) is 93.1 Å². The number of phenols is 1. The van der Waals surface area contributed by atoms with Crippen LogP contribution in [-0.4, -0.2) is 23.0 Å². The van der Waals surface area contributed by atoms with Crippen molar-refractivity contribution in [1.82, 2.24) is 4.90 Å². The van der Waals surface area contributed by atoms with Crippen molar-refractivity contribution in [2.45, 2.75) is 26.4 Å². The lowest BCUT2D eigenvalue weighted by atomic mass is 9.97. The lowest BCUT2D eigenvalue weighted by Crippen LogP contribution is -2.29. The summed E-state index contributed by atoms with van der Waals surface area (Å²) >= 11 is 3.34. The fourth-order valence-electron chi connectivity index (χ4n) is 4.46. The van der Waals surface area contributed by atoms with E-state index >= 15 is 0 Å². The monoisotopic (exact) mass is 509 g/mol. The molecule has 0 unspecified atom stereocenters. The first-order valence-electron chi connectivity index (χ1n) is 10.3. The number of aromatic hydroxyl groups is 1. The van der Waals surface area contributed by atoms with Crippen LogP contribution >= 0.6 is 15.9 Å². The summed E-state index contributed by atoms with van der Waals surface area (Å²) in [5.74, 6) is 0.318. The second kappa shape index (κ2) is 7.81. The van der Waals surface area contributed by atoms with Gasteiger partial charge in [-0.3, -0.25) is 9.59 Å². The Kier molecular flexibility index (Phi) is 5.05. The zero-order chi connectivity index (χ0) is 23.4. The molecular weight excluding hydrogens is 490 g/mol. The van der Waals surface area contributed by atoms with E-state index in [2.05, 4.69) is 15.9 Å². The second-order valence-electron chi connectivity index (χ2n) is 8.10. The molecule has 1 aliphatic rings. The molecule has 1 aliphatic heterocycles. The van der Waals surface area contributed by atoms with E-state index in [0.29, 0.717) is 26.8 Å². The number of hydrogen-bond acceptors (Lipinski definition) is 6. The van der Waals surface area contributed by atoms with Crippen LogP contribution in [0.2, 0.25) is 0 Å². The number of halogens is 1. The summed E-state index contributed by atoms with van der Waals surface area (Å²) in [5.41, 5.74) is 2.69. The van der Waals surface area contributed by atoms with Crippen LogP contribution in [0.5, 0.6) is 11.5 Å². The van der Waals surface area contributed by atoms with Gasteiger partial charge in [-0.2, -0.15) is 0 Å². The number of carbonyl (C=O) groups excluding carboxylic acids is 1. The van der Waals surface area contributed by atoms with E-state index in [1.54, 1.807) is 30.3 Å². The molecule has 5 rings (SSSR count). The number of aryl methyl sites for hydroxylation is 2. The molecule has 0 radical (unpaired) electrons. The van der Waals surface area contributed by atoms with Crippen LogP contribution in [0.25, 0.3) is 11.0 Å². The predicted octanol–water partition coefficient (Wildman–Crippen LogP) is 5.22. The summed E-state index contributed by atoms with van der Waals surface area (Å²) in [6, 6.07) is 9.72. The fourth-order valence-corrected chi connectivity index (χ4v) is 4.92. The first-order chi connectivity index (χ1) is 15.8. The molecule has 8 heteroatoms. The van der Waals surface area contributed by atoms with Crippen molar-refractivity contribution in [2.24, 2.45) is 0 Å². The Bertz CT molecular complexity index is 1470. The number of rotatable bonds is 4. The summed E-state index contributed by atoms with van der Waals surface area (Å²) < 4.78 is 17.3. The van der Waals surface area contributed by atoms with Crippen molar-refractivity contribution < 1.29 is 23.5 Å². The number of methoxy groups -OCH3 is 1. The number of carbonyl (C=O) groups is 1. The molecule has 1 N–H and O–H groups in total. The van der Waals surface area contributed by atoms with Gasteiger partial charge in [0.05, 0.1) is 41.4 Å². The Morgan fingerprint density at radius 2 is 1.97 bits per heavy atom. The molecule has 4 aromatic rings. The molecule has 2 aromatic heterocycles. The lowest BCUT2D eigenvalue weighted by Gasteiger charge is -2.25. The van der Waals surface area contributed by atoms with Crippen LogP contribution in [0.1, 0.15) is 44.6 Å². The quantitative estimate of drug-likeness (QED) is 0.405. The zero-order valence-corrected chi connectivity index (χ0v) is 19.7. The van der Waals surface area contributed by atoms with Gasteiger partial charge in [0.15, 0.2) is 16.9 Å². The molecule has 0 saturated carbocycles. The third kappa shape index (κ3) is 3.33. The first-order valence-corrected chi connectivity index (χ1v) is 11.1. The van der Waals surface area contributed by atoms with Crippen LogP contribution in [0.4, 0.5) is 0 Å². The van der Waals surface area contributed by atoms with Gasteiger partial charge in [-0.15, -0.1) is 0 Å². The SMILES string of the molecule is COc1cc([C@@H]2c3c(oc4c(C)cc(C)cc4c3=O)C(=O)N2Cc2ccco2)cc(Br)c1O. The summed E-state index contributed by atoms with van der Waals surface area (Å²) in [7, 11) is 1.44. The Morgan fingerprint density at radius 3 is 2.67 bits per heavy atom. The average molecular weight is 510 g/mol. The maximum absolute atomic E-state index is 13.8. The molecule has 168 valence electrons. The van der Waals surface area contributed by atoms with Crippen molar-refractivity contribution >= 4 is 32.8 Å². The zero-order valence-electron chi connectivity index (χ0n) is 18.1. The van der Waals surface area contributed by atoms with Crippen molar-refractivity contribution in [1.29, 1.82) is 0 Å². The molecule has 3 heterocycles. The number of amides is 1. The van der Waals surface area contributed by atoms with Crippen LogP contribution in [-0.2, 0) is 6.54 Å². The Morgan fingerprint density at radius 1 is 1.18 bits per heavy atom. The number of hydrogen-bond donors (Lipinski definition) is 1. The minimum Gasteiger partial charge on any atom is -0.503 e. The van der Waals surface area contributed by atoms with Crippen LogP contribution in [0.15, 0.2) is 60.8 Å². The Labute approximate surface area is 197 Å². The highest BCUT2D eigenvalue weighted by Crippen LogP contribution is 2.44. The molecule has 0 bridgehead atoms. The van der Waals surface area contributed by atoms with Gasteiger partial charge in [-0.1, -0.05) is 6.07 Å². The third-order valence-corrected chi connectivity index (χ3v) is 6.49. The van der Waals surface area contributed by atoms with E-state index in [1.165, 1.54) is 18.3 Å². The molecule has 2 aromatic carbocycles. The van der Waals surface area contributed by atoms with Crippen LogP contribution in [0, 0.1) is 13.8 Å². The lowest BCUT2D eigenvalue weighted by molar-refractivity contribution is 0.0701. The molecule has 0 aliphatic carbocycles. The molecule has 7 nitrogen and oxygen atoms in total. The molecule has 1 atom stereocenters. The van der Waals surface area contributed by atoms with Crippen molar-refractivity contribution in [3.05, 3.63) is 91.1 Å². The van der Waals surface area contributed by atoms with Gasteiger partial charge >= 0.3 is 0 Å². The van der Waals surface area contributed by atoms with E-state index in [9.17, 15) is 14.7 Å². The van der Waals surface area contributed by atoms with Gasteiger partial charge in [0, 0.05) is 0 Å². The highest BCUT2D eigenvalue weighted by atomic mass is 79.9. The summed E-state index contributed by atoms with van der Waals surface area (Å²) in [4.78, 5) is 28.8. The standard InChI is InChI=1S/C25H20BrNO6/c1-12-7-13(2)23-16(8-12)21(28)19-20(14-9-17(26)22(29)18(10-14)31-3)27(25(30)24(19)33-23)11-15-5-4-6-32-15/h4-10,20,29H,11H2,1-3H3/t20-/m1/s1. The molecule has 0 fully saturated rings. The molecule has 0 spiro atoms. The smallest absolute Gasteiger partial charge is 0.291 e. The normalized spacial score (nSPS) is 15.3. The van der Waals surface area contributed by atoms with Crippen molar-refractivity contribution in [3.8, 4) is 11.5 Å². The van der Waals surface area contributed by atoms with Crippen LogP contribution in [0.3, 0.4) is 0 Å². The number of fused-ring (bicyclic) bond motifs is 2. The summed E-state index contributed by atoms with van der Waals surface area (Å²) in [6.07, 6.45) is 1.53. The number of furan rings is 1. The highest BCUT2D eigenvalue weighted by molar-refractivity contribution is 9.10. The highest BCUT2D eigenvalue weighted by Gasteiger charge is 2.43. The van der Waals surface area contributed by atoms with Gasteiger partial charge in [-0.25, -0.2) is 0 Å². The first kappa shape index (κ1) is 21.3. The molecule has 33 heavy (non-hydrogen) atoms. The van der Waals surface area contributed by atoms with E-state index in [4.69, 9.17) is 13.6 Å². The van der Waals surface area contributed by atoms with E-state index in [-0.39, 0.29) is 34.8 Å². The van der Waals surface area contributed by atoms with Crippen molar-refractivity contribution in [2.75, 3.05) is 7.11 Å².